The molecule has 3 aromatic carbocycles. The van der Waals surface area contributed by atoms with Gasteiger partial charge in [-0.05, 0) is 110 Å². The first-order chi connectivity index (χ1) is 38.0. The summed E-state index contributed by atoms with van der Waals surface area (Å²) in [5.74, 6) is -5.44. The van der Waals surface area contributed by atoms with Gasteiger partial charge in [-0.1, -0.05) is 34.8 Å². The molecule has 3 fully saturated rings. The first-order valence-corrected chi connectivity index (χ1v) is 28.8. The van der Waals surface area contributed by atoms with E-state index >= 15 is 0 Å². The third-order valence-electron chi connectivity index (χ3n) is 12.5. The van der Waals surface area contributed by atoms with Crippen LogP contribution < -0.4 is 30.1 Å². The van der Waals surface area contributed by atoms with Crippen molar-refractivity contribution in [2.45, 2.75) is 55.5 Å². The molecule has 9 rings (SSSR count). The summed E-state index contributed by atoms with van der Waals surface area (Å²) in [6.07, 6.45) is 3.10. The molecule has 6 atom stereocenters. The van der Waals surface area contributed by atoms with Gasteiger partial charge in [-0.25, -0.2) is 26.3 Å². The van der Waals surface area contributed by atoms with Crippen LogP contribution in [0.25, 0.3) is 0 Å². The number of anilines is 3. The molecule has 33 heteroatoms. The standard InChI is InChI=1S/3C16H15ClF2N4O3S/c3*1-23-15(16(24)21-10-3-4-12(19)11(17)6-10)7-14(22-27(23,25)26)13-5-2-9(18)8-20-13/h3*2-6,8,14-15,22H,7H2,1H3,(H,21,24)/t2*14-,15+;/m10./s1. The quantitative estimate of drug-likeness (QED) is 0.0826. The molecule has 0 saturated carbocycles. The minimum absolute atomic E-state index is 0.0646. The second kappa shape index (κ2) is 25.8. The fourth-order valence-electron chi connectivity index (χ4n) is 8.09. The van der Waals surface area contributed by atoms with E-state index in [0.717, 1.165) is 67.9 Å². The van der Waals surface area contributed by atoms with E-state index in [2.05, 4.69) is 45.1 Å². The molecule has 81 heavy (non-hydrogen) atoms. The number of benzene rings is 3. The van der Waals surface area contributed by atoms with Crippen LogP contribution >= 0.6 is 34.8 Å². The smallest absolute Gasteiger partial charge is 0.280 e. The van der Waals surface area contributed by atoms with Gasteiger partial charge >= 0.3 is 0 Å². The number of nitrogens with one attached hydrogen (secondary N) is 6. The number of amides is 3. The molecule has 6 N–H and O–H groups in total. The number of nitrogens with zero attached hydrogens (tertiary/aromatic N) is 6. The summed E-state index contributed by atoms with van der Waals surface area (Å²) in [6.45, 7) is 0. The van der Waals surface area contributed by atoms with E-state index < -0.39 is 120 Å². The van der Waals surface area contributed by atoms with Crippen molar-refractivity contribution >= 4 is 100 Å². The van der Waals surface area contributed by atoms with Gasteiger partial charge in [-0.3, -0.25) is 29.3 Å². The Kier molecular flexibility index (Phi) is 19.8. The van der Waals surface area contributed by atoms with Gasteiger partial charge in [-0.15, -0.1) is 0 Å². The lowest BCUT2D eigenvalue weighted by Crippen LogP contribution is -2.56. The molecule has 3 saturated heterocycles. The van der Waals surface area contributed by atoms with Crippen LogP contribution in [0.15, 0.2) is 110 Å². The average molecular weight is 1250 g/mol. The lowest BCUT2D eigenvalue weighted by atomic mass is 10.0. The van der Waals surface area contributed by atoms with Crippen molar-refractivity contribution in [3.05, 3.63) is 177 Å². The Morgan fingerprint density at radius 3 is 0.901 bits per heavy atom. The van der Waals surface area contributed by atoms with E-state index in [1.54, 1.807) is 0 Å². The highest BCUT2D eigenvalue weighted by Crippen LogP contribution is 2.32. The van der Waals surface area contributed by atoms with Crippen LogP contribution in [-0.2, 0) is 45.0 Å². The summed E-state index contributed by atoms with van der Waals surface area (Å²) in [7, 11) is -8.12. The monoisotopic (exact) mass is 1250 g/mol. The minimum atomic E-state index is -3.97. The van der Waals surface area contributed by atoms with Gasteiger partial charge in [-0.2, -0.15) is 52.3 Å². The summed E-state index contributed by atoms with van der Waals surface area (Å²) in [5, 5.41) is 7.05. The number of carbonyl (C=O) groups excluding carboxylic acids is 3. The number of hydrogen-bond donors (Lipinski definition) is 6. The summed E-state index contributed by atoms with van der Waals surface area (Å²) < 4.78 is 163. The summed E-state index contributed by atoms with van der Waals surface area (Å²) in [4.78, 5) is 49.5. The van der Waals surface area contributed by atoms with Crippen LogP contribution in [0.1, 0.15) is 54.5 Å². The van der Waals surface area contributed by atoms with Crippen LogP contribution in [0.4, 0.5) is 43.4 Å². The summed E-state index contributed by atoms with van der Waals surface area (Å²) >= 11 is 17.1. The van der Waals surface area contributed by atoms with Crippen molar-refractivity contribution in [2.75, 3.05) is 37.1 Å². The minimum Gasteiger partial charge on any atom is -0.325 e. The van der Waals surface area contributed by atoms with Crippen LogP contribution in [0, 0.1) is 34.9 Å². The normalized spacial score (nSPS) is 22.4. The largest absolute Gasteiger partial charge is 0.325 e. The second-order valence-corrected chi connectivity index (χ2v) is 24.4. The molecule has 6 heterocycles. The Morgan fingerprint density at radius 2 is 0.691 bits per heavy atom. The van der Waals surface area contributed by atoms with Crippen molar-refractivity contribution in [2.24, 2.45) is 0 Å². The number of rotatable bonds is 9. The first kappa shape index (κ1) is 62.2. The maximum absolute atomic E-state index is 13.2. The second-order valence-electron chi connectivity index (χ2n) is 17.9. The average Bonchev–Trinajstić information content (AvgIpc) is 3.41. The van der Waals surface area contributed by atoms with Gasteiger partial charge in [0.25, 0.3) is 30.6 Å². The predicted molar refractivity (Wildman–Crippen MR) is 286 cm³/mol. The molecule has 21 nitrogen and oxygen atoms in total. The molecule has 6 aromatic rings. The Morgan fingerprint density at radius 1 is 0.444 bits per heavy atom. The molecule has 0 bridgehead atoms. The zero-order chi connectivity index (χ0) is 59.3. The molecule has 2 unspecified atom stereocenters. The van der Waals surface area contributed by atoms with Crippen molar-refractivity contribution in [3.63, 3.8) is 0 Å². The van der Waals surface area contributed by atoms with Gasteiger partial charge in [0.05, 0.1) is 68.9 Å². The van der Waals surface area contributed by atoms with Gasteiger partial charge in [0, 0.05) is 38.2 Å². The maximum atomic E-state index is 13.2. The van der Waals surface area contributed by atoms with Crippen LogP contribution in [0.2, 0.25) is 15.1 Å². The van der Waals surface area contributed by atoms with E-state index in [0.29, 0.717) is 0 Å². The van der Waals surface area contributed by atoms with Crippen LogP contribution in [0.3, 0.4) is 0 Å². The first-order valence-electron chi connectivity index (χ1n) is 23.4. The Hall–Kier alpha value is -6.42. The van der Waals surface area contributed by atoms with E-state index in [-0.39, 0.29) is 68.5 Å². The third kappa shape index (κ3) is 15.6. The third-order valence-corrected chi connectivity index (χ3v) is 18.2. The Balaban J connectivity index is 0.000000175. The predicted octanol–water partition coefficient (Wildman–Crippen LogP) is 6.69. The molecule has 3 aliphatic heterocycles. The Bertz CT molecular complexity index is 3290. The van der Waals surface area contributed by atoms with Crippen molar-refractivity contribution in [3.8, 4) is 0 Å². The van der Waals surface area contributed by atoms with E-state index in [9.17, 15) is 66.0 Å². The van der Waals surface area contributed by atoms with E-state index in [1.165, 1.54) is 75.7 Å². The number of halogens is 9. The van der Waals surface area contributed by atoms with Gasteiger partial charge < -0.3 is 16.0 Å². The van der Waals surface area contributed by atoms with Gasteiger partial charge in [0.2, 0.25) is 17.7 Å². The van der Waals surface area contributed by atoms with Crippen LogP contribution in [-0.4, -0.2) is 110 Å². The zero-order valence-corrected chi connectivity index (χ0v) is 46.7. The molecule has 0 radical (unpaired) electrons. The molecule has 0 spiro atoms. The zero-order valence-electron chi connectivity index (χ0n) is 42.0. The summed E-state index contributed by atoms with van der Waals surface area (Å²) in [6, 6.07) is 12.8. The van der Waals surface area contributed by atoms with Gasteiger partial charge in [0.1, 0.15) is 53.0 Å². The summed E-state index contributed by atoms with van der Waals surface area (Å²) in [5.41, 5.74) is 1.55. The molecule has 3 aromatic heterocycles. The highest BCUT2D eigenvalue weighted by Gasteiger charge is 2.44. The SMILES string of the molecule is CN1C(C(=O)Nc2ccc(F)c(Cl)c2)CC(c2ccc(F)cn2)NS1(=O)=O.CN1[C@@H](C(=O)Nc2ccc(F)c(Cl)c2)C[C@@H](c2ccc(F)cn2)NS1(=O)=O.CN1[C@H](C(=O)Nc2ccc(F)c(Cl)c2)C[C@H](c2ccc(F)cn2)NS1(=O)=O. The van der Waals surface area contributed by atoms with Gasteiger partial charge in [0.15, 0.2) is 0 Å². The molecule has 3 amide bonds. The molecular weight excluding hydrogens is 1210 g/mol. The molecular formula is C48H45Cl3F6N12O9S3. The maximum Gasteiger partial charge on any atom is 0.280 e. The number of carbonyl (C=O) groups is 3. The van der Waals surface area contributed by atoms with Crippen molar-refractivity contribution in [1.82, 2.24) is 42.0 Å². The molecule has 0 aliphatic carbocycles. The van der Waals surface area contributed by atoms with Crippen molar-refractivity contribution < 1.29 is 66.0 Å². The van der Waals surface area contributed by atoms with E-state index in [4.69, 9.17) is 34.8 Å². The van der Waals surface area contributed by atoms with Crippen LogP contribution in [0.5, 0.6) is 0 Å². The molecule has 3 aliphatic rings. The fourth-order valence-corrected chi connectivity index (χ4v) is 12.4. The number of likely N-dealkylation sites (N-methyl/N-ethyl adjacent to an activating group) is 3. The van der Waals surface area contributed by atoms with E-state index in [1.807, 2.05) is 0 Å². The molecule has 432 valence electrons. The number of aromatic nitrogens is 3. The topological polar surface area (TPSA) is 274 Å². The highest BCUT2D eigenvalue weighted by atomic mass is 35.5. The highest BCUT2D eigenvalue weighted by molar-refractivity contribution is 7.87. The van der Waals surface area contributed by atoms with Crippen molar-refractivity contribution in [1.29, 1.82) is 0 Å². The lowest BCUT2D eigenvalue weighted by Gasteiger charge is -2.35. The number of hydrogen-bond acceptors (Lipinski definition) is 12. The number of pyridine rings is 3. The fraction of sp³-hybridized carbons (Fsp3) is 0.250. The lowest BCUT2D eigenvalue weighted by molar-refractivity contribution is -0.120. The Labute approximate surface area is 474 Å².